The number of nitrogens with zero attached hydrogens (tertiary/aromatic N) is 1. The van der Waals surface area contributed by atoms with Gasteiger partial charge in [-0.2, -0.15) is 0 Å². The summed E-state index contributed by atoms with van der Waals surface area (Å²) >= 11 is 0. The molecule has 3 atom stereocenters. The number of nitrogens with one attached hydrogen (secondary N) is 1. The Balaban J connectivity index is 1.81. The molecule has 2 rings (SSSR count). The number of unbranched alkanes of at least 4 members (excludes halogenated alkanes) is 4. The molecule has 0 aromatic carbocycles. The Morgan fingerprint density at radius 1 is 0.900 bits per heavy atom. The molecule has 0 radical (unpaired) electrons. The molecule has 0 aliphatic carbocycles. The highest BCUT2D eigenvalue weighted by atomic mass is 15.2. The highest BCUT2D eigenvalue weighted by Gasteiger charge is 2.42. The Morgan fingerprint density at radius 3 is 2.15 bits per heavy atom. The minimum absolute atomic E-state index is 0.477. The van der Waals surface area contributed by atoms with Crippen LogP contribution in [-0.4, -0.2) is 36.6 Å². The SMILES string of the molecule is CCCCCCCC(C)(CCC)N1CC2CNCC2C1. The molecule has 0 bridgehead atoms. The van der Waals surface area contributed by atoms with Crippen molar-refractivity contribution in [2.75, 3.05) is 26.2 Å². The lowest BCUT2D eigenvalue weighted by Crippen LogP contribution is -2.46. The van der Waals surface area contributed by atoms with E-state index in [1.165, 1.54) is 77.5 Å². The fourth-order valence-corrected chi connectivity index (χ4v) is 4.39. The lowest BCUT2D eigenvalue weighted by atomic mass is 9.87. The van der Waals surface area contributed by atoms with Crippen LogP contribution in [0.3, 0.4) is 0 Å². The second-order valence-electron chi connectivity index (χ2n) is 7.49. The smallest absolute Gasteiger partial charge is 0.0181 e. The van der Waals surface area contributed by atoms with Gasteiger partial charge in [0.2, 0.25) is 0 Å². The zero-order chi connectivity index (χ0) is 14.4. The van der Waals surface area contributed by atoms with Crippen LogP contribution in [0.15, 0.2) is 0 Å². The molecule has 2 aliphatic heterocycles. The van der Waals surface area contributed by atoms with Gasteiger partial charge in [-0.05, 0) is 44.7 Å². The third-order valence-electron chi connectivity index (χ3n) is 5.76. The van der Waals surface area contributed by atoms with E-state index in [9.17, 15) is 0 Å². The Labute approximate surface area is 126 Å². The molecule has 2 nitrogen and oxygen atoms in total. The number of hydrogen-bond donors (Lipinski definition) is 1. The molecule has 3 unspecified atom stereocenters. The third kappa shape index (κ3) is 3.98. The van der Waals surface area contributed by atoms with Crippen molar-refractivity contribution in [3.05, 3.63) is 0 Å². The van der Waals surface area contributed by atoms with Gasteiger partial charge >= 0.3 is 0 Å². The largest absolute Gasteiger partial charge is 0.316 e. The molecular formula is C18H36N2. The zero-order valence-corrected chi connectivity index (χ0v) is 14.1. The van der Waals surface area contributed by atoms with E-state index in [0.717, 1.165) is 11.8 Å². The van der Waals surface area contributed by atoms with Crippen molar-refractivity contribution in [3.8, 4) is 0 Å². The summed E-state index contributed by atoms with van der Waals surface area (Å²) in [5, 5.41) is 3.57. The molecule has 2 saturated heterocycles. The Bertz CT molecular complexity index is 267. The van der Waals surface area contributed by atoms with Gasteiger partial charge in [-0.3, -0.25) is 4.90 Å². The molecule has 2 fully saturated rings. The first-order chi connectivity index (χ1) is 9.69. The van der Waals surface area contributed by atoms with Crippen molar-refractivity contribution < 1.29 is 0 Å². The van der Waals surface area contributed by atoms with Crippen LogP contribution in [0.5, 0.6) is 0 Å². The molecule has 20 heavy (non-hydrogen) atoms. The molecular weight excluding hydrogens is 244 g/mol. The minimum atomic E-state index is 0.477. The topological polar surface area (TPSA) is 15.3 Å². The number of hydrogen-bond acceptors (Lipinski definition) is 2. The molecule has 0 amide bonds. The maximum absolute atomic E-state index is 3.57. The van der Waals surface area contributed by atoms with Crippen LogP contribution < -0.4 is 5.32 Å². The van der Waals surface area contributed by atoms with Crippen molar-refractivity contribution in [2.24, 2.45) is 11.8 Å². The molecule has 1 N–H and O–H groups in total. The summed E-state index contributed by atoms with van der Waals surface area (Å²) in [6, 6.07) is 0. The molecule has 0 aromatic heterocycles. The lowest BCUT2D eigenvalue weighted by Gasteiger charge is -2.40. The van der Waals surface area contributed by atoms with Gasteiger partial charge in [0.25, 0.3) is 0 Å². The van der Waals surface area contributed by atoms with Gasteiger partial charge < -0.3 is 5.32 Å². The van der Waals surface area contributed by atoms with Gasteiger partial charge in [0, 0.05) is 18.6 Å². The second-order valence-corrected chi connectivity index (χ2v) is 7.49. The maximum Gasteiger partial charge on any atom is 0.0181 e. The van der Waals surface area contributed by atoms with Gasteiger partial charge in [-0.15, -0.1) is 0 Å². The average Bonchev–Trinajstić information content (AvgIpc) is 2.99. The maximum atomic E-state index is 3.57. The fraction of sp³-hybridized carbons (Fsp3) is 1.00. The summed E-state index contributed by atoms with van der Waals surface area (Å²) in [5.41, 5.74) is 0.477. The van der Waals surface area contributed by atoms with Crippen molar-refractivity contribution in [3.63, 3.8) is 0 Å². The van der Waals surface area contributed by atoms with Crippen LogP contribution >= 0.6 is 0 Å². The lowest BCUT2D eigenvalue weighted by molar-refractivity contribution is 0.101. The molecule has 0 aromatic rings. The fourth-order valence-electron chi connectivity index (χ4n) is 4.39. The Hall–Kier alpha value is -0.0800. The van der Waals surface area contributed by atoms with Gasteiger partial charge in [-0.25, -0.2) is 0 Å². The van der Waals surface area contributed by atoms with E-state index in [2.05, 4.69) is 31.0 Å². The first-order valence-corrected chi connectivity index (χ1v) is 9.15. The van der Waals surface area contributed by atoms with Gasteiger partial charge in [0.15, 0.2) is 0 Å². The predicted octanol–water partition coefficient (Wildman–Crippen LogP) is 4.06. The first-order valence-electron chi connectivity index (χ1n) is 9.15. The van der Waals surface area contributed by atoms with Gasteiger partial charge in [0.1, 0.15) is 0 Å². The van der Waals surface area contributed by atoms with Gasteiger partial charge in [0.05, 0.1) is 0 Å². The van der Waals surface area contributed by atoms with Crippen LogP contribution in [0, 0.1) is 11.8 Å². The van der Waals surface area contributed by atoms with E-state index in [-0.39, 0.29) is 0 Å². The minimum Gasteiger partial charge on any atom is -0.316 e. The normalized spacial score (nSPS) is 29.6. The number of likely N-dealkylation sites (tertiary alicyclic amines) is 1. The third-order valence-corrected chi connectivity index (χ3v) is 5.76. The molecule has 0 saturated carbocycles. The molecule has 2 aliphatic rings. The molecule has 2 heterocycles. The van der Waals surface area contributed by atoms with Crippen LogP contribution in [0.4, 0.5) is 0 Å². The summed E-state index contributed by atoms with van der Waals surface area (Å²) in [6.45, 7) is 12.4. The average molecular weight is 280 g/mol. The van der Waals surface area contributed by atoms with Crippen molar-refractivity contribution in [1.29, 1.82) is 0 Å². The van der Waals surface area contributed by atoms with Crippen LogP contribution in [0.25, 0.3) is 0 Å². The Morgan fingerprint density at radius 2 is 1.55 bits per heavy atom. The zero-order valence-electron chi connectivity index (χ0n) is 14.1. The quantitative estimate of drug-likeness (QED) is 0.641. The van der Waals surface area contributed by atoms with Crippen molar-refractivity contribution in [1.82, 2.24) is 10.2 Å². The highest BCUT2D eigenvalue weighted by Crippen LogP contribution is 2.36. The first kappa shape index (κ1) is 16.3. The van der Waals surface area contributed by atoms with Gasteiger partial charge in [-0.1, -0.05) is 52.4 Å². The predicted molar refractivity (Wildman–Crippen MR) is 88.1 cm³/mol. The van der Waals surface area contributed by atoms with Crippen LogP contribution in [-0.2, 0) is 0 Å². The van der Waals surface area contributed by atoms with E-state index in [0.29, 0.717) is 5.54 Å². The van der Waals surface area contributed by atoms with E-state index < -0.39 is 0 Å². The second kappa shape index (κ2) is 7.79. The standard InChI is InChI=1S/C18H36N2/c1-4-6-7-8-9-11-18(3,10-5-2)20-14-16-12-19-13-17(16)15-20/h16-17,19H,4-15H2,1-3H3. The Kier molecular flexibility index (Phi) is 6.35. The van der Waals surface area contributed by atoms with Crippen LogP contribution in [0.1, 0.15) is 72.1 Å². The number of rotatable bonds is 9. The van der Waals surface area contributed by atoms with Crippen LogP contribution in [0.2, 0.25) is 0 Å². The summed E-state index contributed by atoms with van der Waals surface area (Å²) in [4.78, 5) is 2.85. The van der Waals surface area contributed by atoms with Crippen molar-refractivity contribution >= 4 is 0 Å². The molecule has 0 spiro atoms. The number of fused-ring (bicyclic) bond motifs is 1. The summed E-state index contributed by atoms with van der Waals surface area (Å²) in [5.74, 6) is 1.87. The monoisotopic (exact) mass is 280 g/mol. The van der Waals surface area contributed by atoms with Crippen molar-refractivity contribution in [2.45, 2.75) is 77.7 Å². The summed E-state index contributed by atoms with van der Waals surface area (Å²) in [7, 11) is 0. The molecule has 2 heteroatoms. The molecule has 118 valence electrons. The van der Waals surface area contributed by atoms with E-state index in [1.54, 1.807) is 0 Å². The summed E-state index contributed by atoms with van der Waals surface area (Å²) < 4.78 is 0. The summed E-state index contributed by atoms with van der Waals surface area (Å²) in [6.07, 6.45) is 11.2. The van der Waals surface area contributed by atoms with E-state index >= 15 is 0 Å². The highest BCUT2D eigenvalue weighted by molar-refractivity contribution is 4.98. The van der Waals surface area contributed by atoms with E-state index in [1.807, 2.05) is 0 Å². The van der Waals surface area contributed by atoms with E-state index in [4.69, 9.17) is 0 Å².